The molecule has 0 atom stereocenters. The average Bonchev–Trinajstić information content (AvgIpc) is 2.64. The number of nitrogens with one attached hydrogen (secondary N) is 1. The third-order valence-electron chi connectivity index (χ3n) is 4.05. The summed E-state index contributed by atoms with van der Waals surface area (Å²) in [4.78, 5) is 16.2. The van der Waals surface area contributed by atoms with Gasteiger partial charge >= 0.3 is 6.09 Å². The third kappa shape index (κ3) is 4.76. The maximum absolute atomic E-state index is 11.8. The molecule has 0 aliphatic heterocycles. The number of fused-ring (bicyclic) bond motifs is 1. The Bertz CT molecular complexity index is 944. The number of aromatic nitrogens is 1. The Morgan fingerprint density at radius 1 is 1.07 bits per heavy atom. The van der Waals surface area contributed by atoms with Gasteiger partial charge in [-0.1, -0.05) is 24.3 Å². The Kier molecular flexibility index (Phi) is 5.31. The summed E-state index contributed by atoms with van der Waals surface area (Å²) in [6.45, 7) is 5.95. The minimum absolute atomic E-state index is 0.416. The van der Waals surface area contributed by atoms with Crippen LogP contribution < -0.4 is 10.1 Å². The number of carbonyl (C=O) groups is 1. The molecule has 0 aliphatic carbocycles. The highest BCUT2D eigenvalue weighted by atomic mass is 16.6. The van der Waals surface area contributed by atoms with E-state index < -0.39 is 11.7 Å². The summed E-state index contributed by atoms with van der Waals surface area (Å²) in [5.41, 5.74) is 3.59. The lowest BCUT2D eigenvalue weighted by Crippen LogP contribution is -2.32. The van der Waals surface area contributed by atoms with Gasteiger partial charge in [0.15, 0.2) is 0 Å². The quantitative estimate of drug-likeness (QED) is 0.713. The molecular formula is C22H24N2O3. The molecule has 0 bridgehead atoms. The standard InChI is InChI=1S/C22H24N2O3/c1-22(2,3)27-21(25)24-14-15-5-7-16(8-6-15)18-11-12-23-20-13-17(26-4)9-10-19(18)20/h5-13H,14H2,1-4H3,(H,24,25). The van der Waals surface area contributed by atoms with Crippen LogP contribution in [0.1, 0.15) is 26.3 Å². The Balaban J connectivity index is 1.76. The van der Waals surface area contributed by atoms with Gasteiger partial charge in [0.2, 0.25) is 0 Å². The first-order valence-electron chi connectivity index (χ1n) is 8.85. The molecule has 2 aromatic carbocycles. The minimum Gasteiger partial charge on any atom is -0.497 e. The Labute approximate surface area is 159 Å². The highest BCUT2D eigenvalue weighted by molar-refractivity contribution is 5.94. The van der Waals surface area contributed by atoms with Gasteiger partial charge in [0.25, 0.3) is 0 Å². The molecule has 1 amide bonds. The summed E-state index contributed by atoms with van der Waals surface area (Å²) >= 11 is 0. The second-order valence-electron chi connectivity index (χ2n) is 7.29. The molecule has 0 saturated carbocycles. The van der Waals surface area contributed by atoms with Crippen molar-refractivity contribution in [3.8, 4) is 16.9 Å². The van der Waals surface area contributed by atoms with Crippen molar-refractivity contribution >= 4 is 17.0 Å². The number of pyridine rings is 1. The molecule has 1 N–H and O–H groups in total. The van der Waals surface area contributed by atoms with Crippen molar-refractivity contribution in [3.05, 3.63) is 60.3 Å². The summed E-state index contributed by atoms with van der Waals surface area (Å²) < 4.78 is 10.5. The molecule has 0 spiro atoms. The number of alkyl carbamates (subject to hydrolysis) is 1. The molecule has 1 aromatic heterocycles. The maximum Gasteiger partial charge on any atom is 0.407 e. The van der Waals surface area contributed by atoms with Gasteiger partial charge in [0.05, 0.1) is 12.6 Å². The zero-order chi connectivity index (χ0) is 19.4. The first kappa shape index (κ1) is 18.7. The van der Waals surface area contributed by atoms with Crippen LogP contribution in [-0.4, -0.2) is 23.8 Å². The van der Waals surface area contributed by atoms with Crippen LogP contribution in [0.4, 0.5) is 4.79 Å². The normalized spacial score (nSPS) is 11.3. The monoisotopic (exact) mass is 364 g/mol. The molecule has 27 heavy (non-hydrogen) atoms. The fraction of sp³-hybridized carbons (Fsp3) is 0.273. The lowest BCUT2D eigenvalue weighted by Gasteiger charge is -2.19. The summed E-state index contributed by atoms with van der Waals surface area (Å²) in [5.74, 6) is 0.788. The summed E-state index contributed by atoms with van der Waals surface area (Å²) in [5, 5.41) is 3.84. The molecule has 140 valence electrons. The number of hydrogen-bond acceptors (Lipinski definition) is 4. The smallest absolute Gasteiger partial charge is 0.407 e. The van der Waals surface area contributed by atoms with Gasteiger partial charge in [0, 0.05) is 24.2 Å². The van der Waals surface area contributed by atoms with Gasteiger partial charge < -0.3 is 14.8 Å². The van der Waals surface area contributed by atoms with E-state index >= 15 is 0 Å². The Morgan fingerprint density at radius 2 is 1.81 bits per heavy atom. The molecule has 5 heteroatoms. The lowest BCUT2D eigenvalue weighted by atomic mass is 10.00. The number of nitrogens with zero attached hydrogens (tertiary/aromatic N) is 1. The van der Waals surface area contributed by atoms with Crippen molar-refractivity contribution in [2.24, 2.45) is 0 Å². The van der Waals surface area contributed by atoms with Crippen molar-refractivity contribution < 1.29 is 14.3 Å². The van der Waals surface area contributed by atoms with Crippen LogP contribution in [0.15, 0.2) is 54.7 Å². The third-order valence-corrected chi connectivity index (χ3v) is 4.05. The second-order valence-corrected chi connectivity index (χ2v) is 7.29. The van der Waals surface area contributed by atoms with E-state index in [9.17, 15) is 4.79 Å². The van der Waals surface area contributed by atoms with Crippen molar-refractivity contribution in [2.75, 3.05) is 7.11 Å². The minimum atomic E-state index is -0.501. The first-order valence-corrected chi connectivity index (χ1v) is 8.85. The van der Waals surface area contributed by atoms with E-state index in [-0.39, 0.29) is 0 Å². The zero-order valence-corrected chi connectivity index (χ0v) is 16.1. The summed E-state index contributed by atoms with van der Waals surface area (Å²) in [6, 6.07) is 16.0. The highest BCUT2D eigenvalue weighted by Crippen LogP contribution is 2.29. The van der Waals surface area contributed by atoms with Gasteiger partial charge in [-0.25, -0.2) is 4.79 Å². The molecule has 5 nitrogen and oxygen atoms in total. The van der Waals surface area contributed by atoms with Gasteiger partial charge in [-0.2, -0.15) is 0 Å². The number of benzene rings is 2. The highest BCUT2D eigenvalue weighted by Gasteiger charge is 2.15. The van der Waals surface area contributed by atoms with E-state index in [1.807, 2.05) is 69.3 Å². The van der Waals surface area contributed by atoms with Gasteiger partial charge in [0.1, 0.15) is 11.4 Å². The van der Waals surface area contributed by atoms with E-state index in [4.69, 9.17) is 9.47 Å². The molecule has 0 fully saturated rings. The zero-order valence-electron chi connectivity index (χ0n) is 16.1. The molecule has 3 rings (SSSR count). The van der Waals surface area contributed by atoms with E-state index in [0.717, 1.165) is 33.3 Å². The summed E-state index contributed by atoms with van der Waals surface area (Å²) in [6.07, 6.45) is 1.38. The fourth-order valence-corrected chi connectivity index (χ4v) is 2.80. The number of ether oxygens (including phenoxy) is 2. The molecular weight excluding hydrogens is 340 g/mol. The second kappa shape index (κ2) is 7.66. The van der Waals surface area contributed by atoms with Crippen molar-refractivity contribution in [3.63, 3.8) is 0 Å². The van der Waals surface area contributed by atoms with Crippen LogP contribution in [-0.2, 0) is 11.3 Å². The van der Waals surface area contributed by atoms with Crippen LogP contribution in [0.5, 0.6) is 5.75 Å². The van der Waals surface area contributed by atoms with Crippen LogP contribution in [0.2, 0.25) is 0 Å². The molecule has 0 aliphatic rings. The van der Waals surface area contributed by atoms with E-state index in [1.165, 1.54) is 0 Å². The number of amides is 1. The van der Waals surface area contributed by atoms with Gasteiger partial charge in [-0.15, -0.1) is 0 Å². The SMILES string of the molecule is COc1ccc2c(-c3ccc(CNC(=O)OC(C)(C)C)cc3)ccnc2c1. The first-order chi connectivity index (χ1) is 12.9. The number of hydrogen-bond donors (Lipinski definition) is 1. The Hall–Kier alpha value is -3.08. The van der Waals surface area contributed by atoms with Crippen molar-refractivity contribution in [1.82, 2.24) is 10.3 Å². The molecule has 0 unspecified atom stereocenters. The fourth-order valence-electron chi connectivity index (χ4n) is 2.80. The van der Waals surface area contributed by atoms with E-state index in [1.54, 1.807) is 13.3 Å². The van der Waals surface area contributed by atoms with Crippen molar-refractivity contribution in [2.45, 2.75) is 32.9 Å². The van der Waals surface area contributed by atoms with Crippen molar-refractivity contribution in [1.29, 1.82) is 0 Å². The summed E-state index contributed by atoms with van der Waals surface area (Å²) in [7, 11) is 1.65. The average molecular weight is 364 g/mol. The van der Waals surface area contributed by atoms with Gasteiger partial charge in [-0.3, -0.25) is 4.98 Å². The topological polar surface area (TPSA) is 60.5 Å². The predicted octanol–water partition coefficient (Wildman–Crippen LogP) is 4.94. The number of rotatable bonds is 4. The molecule has 0 radical (unpaired) electrons. The van der Waals surface area contributed by atoms with Crippen LogP contribution >= 0.6 is 0 Å². The Morgan fingerprint density at radius 3 is 2.48 bits per heavy atom. The maximum atomic E-state index is 11.8. The number of methoxy groups -OCH3 is 1. The molecule has 3 aromatic rings. The molecule has 1 heterocycles. The van der Waals surface area contributed by atoms with Crippen LogP contribution in [0.3, 0.4) is 0 Å². The molecule has 0 saturated heterocycles. The predicted molar refractivity (Wildman–Crippen MR) is 107 cm³/mol. The van der Waals surface area contributed by atoms with Crippen LogP contribution in [0, 0.1) is 0 Å². The largest absolute Gasteiger partial charge is 0.497 e. The number of carbonyl (C=O) groups excluding carboxylic acids is 1. The van der Waals surface area contributed by atoms with E-state index in [0.29, 0.717) is 6.54 Å². The lowest BCUT2D eigenvalue weighted by molar-refractivity contribution is 0.0523. The van der Waals surface area contributed by atoms with Crippen LogP contribution in [0.25, 0.3) is 22.0 Å². The van der Waals surface area contributed by atoms with E-state index in [2.05, 4.69) is 10.3 Å². The van der Waals surface area contributed by atoms with Gasteiger partial charge in [-0.05, 0) is 55.7 Å².